The molecule has 1 aliphatic heterocycles. The smallest absolute Gasteiger partial charge is 0.209 e. The number of benzene rings is 2. The van der Waals surface area contributed by atoms with Crippen molar-refractivity contribution in [1.82, 2.24) is 14.9 Å². The van der Waals surface area contributed by atoms with Crippen molar-refractivity contribution in [2.24, 2.45) is 0 Å². The van der Waals surface area contributed by atoms with Gasteiger partial charge in [-0.15, -0.1) is 0 Å². The molecule has 27 heavy (non-hydrogen) atoms. The molecule has 2 aromatic heterocycles. The molecule has 1 amide bonds. The maximum Gasteiger partial charge on any atom is 0.209 e. The molecule has 2 aromatic carbocycles. The van der Waals surface area contributed by atoms with Gasteiger partial charge in [0.15, 0.2) is 0 Å². The number of nitrogens with zero attached hydrogens (tertiary/aromatic N) is 3. The van der Waals surface area contributed by atoms with Crippen LogP contribution in [0, 0.1) is 0 Å². The highest BCUT2D eigenvalue weighted by Crippen LogP contribution is 2.53. The molecular weight excluding hydrogens is 374 g/mol. The molecule has 0 N–H and O–H groups in total. The summed E-state index contributed by atoms with van der Waals surface area (Å²) in [6.07, 6.45) is 2.79. The fourth-order valence-electron chi connectivity index (χ4n) is 3.29. The summed E-state index contributed by atoms with van der Waals surface area (Å²) < 4.78 is 0. The van der Waals surface area contributed by atoms with Gasteiger partial charge in [0, 0.05) is 38.7 Å². The average Bonchev–Trinajstić information content (AvgIpc) is 2.72. The summed E-state index contributed by atoms with van der Waals surface area (Å²) in [7, 11) is 1.78. The molecular formula is C21H15N3OS2. The second-order valence-electron chi connectivity index (χ2n) is 6.43. The van der Waals surface area contributed by atoms with Gasteiger partial charge in [0.25, 0.3) is 0 Å². The van der Waals surface area contributed by atoms with Crippen LogP contribution in [0.25, 0.3) is 21.8 Å². The number of hydrogen-bond donors (Lipinski definition) is 0. The van der Waals surface area contributed by atoms with Crippen molar-refractivity contribution in [3.05, 3.63) is 60.4 Å². The first-order valence-electron chi connectivity index (χ1n) is 8.55. The van der Waals surface area contributed by atoms with Crippen LogP contribution < -0.4 is 0 Å². The predicted molar refractivity (Wildman–Crippen MR) is 109 cm³/mol. The van der Waals surface area contributed by atoms with Crippen molar-refractivity contribution in [1.29, 1.82) is 0 Å². The zero-order valence-corrected chi connectivity index (χ0v) is 16.2. The number of carbonyl (C=O) groups is 1. The second-order valence-corrected chi connectivity index (χ2v) is 8.50. The summed E-state index contributed by atoms with van der Waals surface area (Å²) in [6.45, 7) is 0.487. The Bertz CT molecular complexity index is 1210. The number of amides is 1. The lowest BCUT2D eigenvalue weighted by molar-refractivity contribution is -0.117. The summed E-state index contributed by atoms with van der Waals surface area (Å²) >= 11 is 3.49. The largest absolute Gasteiger partial charge is 0.342 e. The molecule has 5 rings (SSSR count). The number of rotatable bonds is 3. The highest BCUT2D eigenvalue weighted by Gasteiger charge is 2.25. The quantitative estimate of drug-likeness (QED) is 0.407. The van der Waals surface area contributed by atoms with Crippen molar-refractivity contribution in [2.45, 2.75) is 26.1 Å². The normalized spacial score (nSPS) is 12.6. The third kappa shape index (κ3) is 2.76. The first-order chi connectivity index (χ1) is 13.2. The maximum atomic E-state index is 11.2. The van der Waals surface area contributed by atoms with Crippen LogP contribution in [-0.2, 0) is 11.3 Å². The van der Waals surface area contributed by atoms with Crippen LogP contribution in [0.1, 0.15) is 5.69 Å². The molecule has 0 fully saturated rings. The Morgan fingerprint density at radius 2 is 1.63 bits per heavy atom. The minimum Gasteiger partial charge on any atom is -0.342 e. The molecule has 0 bridgehead atoms. The fraction of sp³-hybridized carbons (Fsp3) is 0.0952. The van der Waals surface area contributed by atoms with Gasteiger partial charge in [-0.3, -0.25) is 9.78 Å². The molecule has 0 saturated carbocycles. The molecule has 6 heteroatoms. The number of hydrogen-bond acceptors (Lipinski definition) is 5. The van der Waals surface area contributed by atoms with Gasteiger partial charge in [-0.25, -0.2) is 4.98 Å². The van der Waals surface area contributed by atoms with E-state index < -0.39 is 0 Å². The zero-order chi connectivity index (χ0) is 18.4. The van der Waals surface area contributed by atoms with Crippen molar-refractivity contribution in [3.63, 3.8) is 0 Å². The van der Waals surface area contributed by atoms with Crippen LogP contribution in [0.2, 0.25) is 0 Å². The van der Waals surface area contributed by atoms with E-state index >= 15 is 0 Å². The summed E-state index contributed by atoms with van der Waals surface area (Å²) in [5.41, 5.74) is 2.89. The van der Waals surface area contributed by atoms with Crippen molar-refractivity contribution in [3.8, 4) is 0 Å². The van der Waals surface area contributed by atoms with E-state index in [0.29, 0.717) is 6.54 Å². The SMILES string of the molecule is CN(C=O)Cc1nc2ccccc2c2c1Sc1cnc3ccccc3c1S2. The molecule has 0 saturated heterocycles. The second kappa shape index (κ2) is 6.55. The Hall–Kier alpha value is -2.57. The Kier molecular flexibility index (Phi) is 4.02. The van der Waals surface area contributed by atoms with Gasteiger partial charge in [-0.05, 0) is 12.1 Å². The summed E-state index contributed by atoms with van der Waals surface area (Å²) in [5, 5.41) is 2.32. The Labute approximate surface area is 165 Å². The number of carbonyl (C=O) groups excluding carboxylic acids is 1. The van der Waals surface area contributed by atoms with E-state index in [4.69, 9.17) is 4.98 Å². The summed E-state index contributed by atoms with van der Waals surface area (Å²) in [4.78, 5) is 27.0. The van der Waals surface area contributed by atoms with Gasteiger partial charge in [-0.1, -0.05) is 59.9 Å². The van der Waals surface area contributed by atoms with Crippen LogP contribution in [0.4, 0.5) is 0 Å². The van der Waals surface area contributed by atoms with Crippen molar-refractivity contribution < 1.29 is 4.79 Å². The summed E-state index contributed by atoms with van der Waals surface area (Å²) in [6, 6.07) is 16.5. The van der Waals surface area contributed by atoms with E-state index in [2.05, 4.69) is 23.2 Å². The maximum absolute atomic E-state index is 11.2. The van der Waals surface area contributed by atoms with Crippen molar-refractivity contribution >= 4 is 51.7 Å². The monoisotopic (exact) mass is 389 g/mol. The van der Waals surface area contributed by atoms with E-state index in [1.165, 1.54) is 15.2 Å². The highest BCUT2D eigenvalue weighted by molar-refractivity contribution is 8.05. The van der Waals surface area contributed by atoms with Crippen LogP contribution in [0.5, 0.6) is 0 Å². The molecule has 4 nitrogen and oxygen atoms in total. The van der Waals surface area contributed by atoms with Crippen LogP contribution in [0.3, 0.4) is 0 Å². The van der Waals surface area contributed by atoms with Crippen molar-refractivity contribution in [2.75, 3.05) is 7.05 Å². The Balaban J connectivity index is 1.75. The molecule has 0 atom stereocenters. The van der Waals surface area contributed by atoms with Gasteiger partial charge < -0.3 is 4.90 Å². The van der Waals surface area contributed by atoms with Crippen LogP contribution >= 0.6 is 23.5 Å². The third-order valence-corrected chi connectivity index (χ3v) is 7.26. The lowest BCUT2D eigenvalue weighted by Crippen LogP contribution is -2.17. The lowest BCUT2D eigenvalue weighted by Gasteiger charge is -2.24. The molecule has 1 aliphatic rings. The van der Waals surface area contributed by atoms with E-state index in [1.54, 1.807) is 35.5 Å². The standard InChI is InChI=1S/C21H15N3OS2/c1-24(12-25)11-17-21-20(14-7-3-5-9-16(14)23-17)27-19-13-6-2-4-8-15(13)22-10-18(19)26-21/h2-10,12H,11H2,1H3. The number of fused-ring (bicyclic) bond motifs is 6. The molecule has 4 aromatic rings. The topological polar surface area (TPSA) is 46.1 Å². The van der Waals surface area contributed by atoms with Crippen LogP contribution in [0.15, 0.2) is 74.3 Å². The van der Waals surface area contributed by atoms with Gasteiger partial charge in [0.2, 0.25) is 6.41 Å². The first kappa shape index (κ1) is 16.6. The minimum absolute atomic E-state index is 0.487. The Morgan fingerprint density at radius 3 is 2.41 bits per heavy atom. The van der Waals surface area contributed by atoms with Gasteiger partial charge in [0.05, 0.1) is 28.2 Å². The Morgan fingerprint density at radius 1 is 0.926 bits per heavy atom. The van der Waals surface area contributed by atoms with E-state index in [9.17, 15) is 4.79 Å². The van der Waals surface area contributed by atoms with Gasteiger partial charge in [-0.2, -0.15) is 0 Å². The molecule has 0 radical (unpaired) electrons. The van der Waals surface area contributed by atoms with E-state index in [0.717, 1.165) is 38.3 Å². The summed E-state index contributed by atoms with van der Waals surface area (Å²) in [5.74, 6) is 0. The molecule has 0 aliphatic carbocycles. The molecule has 0 spiro atoms. The number of aromatic nitrogens is 2. The first-order valence-corrected chi connectivity index (χ1v) is 10.2. The van der Waals surface area contributed by atoms with E-state index in [-0.39, 0.29) is 0 Å². The average molecular weight is 390 g/mol. The minimum atomic E-state index is 0.487. The molecule has 0 unspecified atom stereocenters. The van der Waals surface area contributed by atoms with E-state index in [1.807, 2.05) is 36.5 Å². The highest BCUT2D eigenvalue weighted by atomic mass is 32.2. The molecule has 132 valence electrons. The molecule has 3 heterocycles. The predicted octanol–water partition coefficient (Wildman–Crippen LogP) is 4.99. The fourth-order valence-corrected chi connectivity index (χ4v) is 5.88. The zero-order valence-electron chi connectivity index (χ0n) is 14.5. The number of pyridine rings is 2. The van der Waals surface area contributed by atoms with Gasteiger partial charge >= 0.3 is 0 Å². The van der Waals surface area contributed by atoms with Crippen LogP contribution in [-0.4, -0.2) is 28.3 Å². The number of para-hydroxylation sites is 2. The lowest BCUT2D eigenvalue weighted by atomic mass is 10.2. The van der Waals surface area contributed by atoms with Gasteiger partial charge in [0.1, 0.15) is 0 Å². The third-order valence-electron chi connectivity index (χ3n) is 4.56.